The lowest BCUT2D eigenvalue weighted by atomic mass is 9.96. The maximum absolute atomic E-state index is 14.9. The van der Waals surface area contributed by atoms with Gasteiger partial charge in [-0.1, -0.05) is 0 Å². The summed E-state index contributed by atoms with van der Waals surface area (Å²) in [5.41, 5.74) is 5.85. The Kier molecular flexibility index (Phi) is 5.44. The number of carbonyl (C=O) groups excluding carboxylic acids is 1. The molecule has 2 aromatic rings. The topological polar surface area (TPSA) is 146 Å². The van der Waals surface area contributed by atoms with Gasteiger partial charge in [-0.2, -0.15) is 5.26 Å². The summed E-state index contributed by atoms with van der Waals surface area (Å²) in [6.07, 6.45) is 2.66. The van der Waals surface area contributed by atoms with Gasteiger partial charge in [-0.25, -0.2) is 22.9 Å². The standard InChI is InChI=1S/C22H24FN7O2S/c1-13-9-14(10-24)11-26-17(13)19(31)29-16-6-5-15(23)18(28-16)21(2)12-33(32)22(3,20(25)30-21)7-4-8-27-33/h5-6,9,11H,4,7-8,12H2,1-3H3,(H2,25,30)(H,28,29,31)/t21-,22+,33?/m0/s1. The first-order chi connectivity index (χ1) is 15.5. The van der Waals surface area contributed by atoms with Crippen molar-refractivity contribution in [3.63, 3.8) is 0 Å². The first kappa shape index (κ1) is 22.8. The lowest BCUT2D eigenvalue weighted by molar-refractivity contribution is 0.102. The Morgan fingerprint density at radius 1 is 1.36 bits per heavy atom. The number of nitrogens with zero attached hydrogens (tertiary/aromatic N) is 5. The SMILES string of the molecule is Cc1cc(C#N)cnc1C(=O)Nc1ccc(F)c([C@]2(C)CS3(=O)=NCCC[C@]3(C)C(N)=N2)n1. The third kappa shape index (κ3) is 3.74. The molecule has 2 aliphatic heterocycles. The number of aryl methyl sites for hydroxylation is 1. The number of hydrogen-bond acceptors (Lipinski definition) is 8. The monoisotopic (exact) mass is 469 g/mol. The predicted octanol–water partition coefficient (Wildman–Crippen LogP) is 2.65. The van der Waals surface area contributed by atoms with E-state index >= 15 is 0 Å². The van der Waals surface area contributed by atoms with Crippen molar-refractivity contribution < 1.29 is 13.4 Å². The van der Waals surface area contributed by atoms with Gasteiger partial charge in [0, 0.05) is 12.7 Å². The first-order valence-electron chi connectivity index (χ1n) is 10.4. The number of amidine groups is 1. The summed E-state index contributed by atoms with van der Waals surface area (Å²) >= 11 is 0. The van der Waals surface area contributed by atoms with Crippen LogP contribution in [0.15, 0.2) is 33.8 Å². The minimum absolute atomic E-state index is 0.0190. The maximum atomic E-state index is 14.9. The summed E-state index contributed by atoms with van der Waals surface area (Å²) in [4.78, 5) is 25.6. The number of nitrogens with one attached hydrogen (secondary N) is 1. The molecule has 0 radical (unpaired) electrons. The van der Waals surface area contributed by atoms with Crippen LogP contribution in [-0.2, 0) is 15.3 Å². The molecule has 0 fully saturated rings. The van der Waals surface area contributed by atoms with Crippen molar-refractivity contribution in [3.05, 3.63) is 52.7 Å². The summed E-state index contributed by atoms with van der Waals surface area (Å²) in [7, 11) is -2.81. The normalized spacial score (nSPS) is 28.6. The number of nitrogens with two attached hydrogens (primary N) is 1. The molecule has 9 nitrogen and oxygen atoms in total. The average Bonchev–Trinajstić information content (AvgIpc) is 2.76. The Labute approximate surface area is 191 Å². The number of nitriles is 1. The predicted molar refractivity (Wildman–Crippen MR) is 123 cm³/mol. The van der Waals surface area contributed by atoms with E-state index in [1.54, 1.807) is 26.8 Å². The first-order valence-corrected chi connectivity index (χ1v) is 12.1. The van der Waals surface area contributed by atoms with Crippen LogP contribution in [-0.4, -0.2) is 43.0 Å². The average molecular weight is 470 g/mol. The van der Waals surface area contributed by atoms with Crippen LogP contribution in [0.25, 0.3) is 0 Å². The minimum atomic E-state index is -2.81. The second-order valence-corrected chi connectivity index (χ2v) is 11.5. The number of aliphatic imine (C=N–C) groups is 1. The van der Waals surface area contributed by atoms with Gasteiger partial charge < -0.3 is 11.1 Å². The van der Waals surface area contributed by atoms with Crippen molar-refractivity contribution in [2.45, 2.75) is 43.9 Å². The molecule has 3 atom stereocenters. The molecule has 4 rings (SSSR count). The fourth-order valence-electron chi connectivity index (χ4n) is 4.28. The van der Waals surface area contributed by atoms with Crippen LogP contribution in [0.3, 0.4) is 0 Å². The molecule has 33 heavy (non-hydrogen) atoms. The number of amides is 1. The van der Waals surface area contributed by atoms with Crippen LogP contribution in [0.1, 0.15) is 54.0 Å². The number of rotatable bonds is 3. The number of pyridine rings is 2. The highest BCUT2D eigenvalue weighted by atomic mass is 32.2. The van der Waals surface area contributed by atoms with Crippen LogP contribution < -0.4 is 11.1 Å². The summed E-state index contributed by atoms with van der Waals surface area (Å²) in [5.74, 6) is -0.963. The van der Waals surface area contributed by atoms with Crippen LogP contribution in [0, 0.1) is 24.1 Å². The van der Waals surface area contributed by atoms with Crippen molar-refractivity contribution in [2.24, 2.45) is 15.1 Å². The maximum Gasteiger partial charge on any atom is 0.275 e. The molecule has 2 aliphatic rings. The molecule has 0 spiro atoms. The van der Waals surface area contributed by atoms with Gasteiger partial charge in [-0.3, -0.25) is 9.79 Å². The van der Waals surface area contributed by atoms with E-state index in [1.165, 1.54) is 18.3 Å². The van der Waals surface area contributed by atoms with E-state index in [9.17, 15) is 13.4 Å². The molecule has 0 saturated carbocycles. The van der Waals surface area contributed by atoms with Gasteiger partial charge in [0.05, 0.1) is 21.0 Å². The molecule has 2 aromatic heterocycles. The Balaban J connectivity index is 1.70. The van der Waals surface area contributed by atoms with Crippen molar-refractivity contribution in [1.82, 2.24) is 9.97 Å². The zero-order valence-corrected chi connectivity index (χ0v) is 19.4. The van der Waals surface area contributed by atoms with Crippen LogP contribution in [0.4, 0.5) is 10.2 Å². The van der Waals surface area contributed by atoms with Gasteiger partial charge in [0.25, 0.3) is 5.91 Å². The van der Waals surface area contributed by atoms with Crippen LogP contribution in [0.5, 0.6) is 0 Å². The van der Waals surface area contributed by atoms with Crippen molar-refractivity contribution in [1.29, 1.82) is 5.26 Å². The molecule has 11 heteroatoms. The molecule has 0 aliphatic carbocycles. The second kappa shape index (κ2) is 7.88. The number of anilines is 1. The molecule has 0 bridgehead atoms. The molecule has 172 valence electrons. The molecule has 1 unspecified atom stereocenters. The molecule has 0 saturated heterocycles. The largest absolute Gasteiger partial charge is 0.386 e. The summed E-state index contributed by atoms with van der Waals surface area (Å²) in [6, 6.07) is 6.01. The van der Waals surface area contributed by atoms with E-state index in [2.05, 4.69) is 24.6 Å². The van der Waals surface area contributed by atoms with Gasteiger partial charge in [-0.05, 0) is 57.4 Å². The smallest absolute Gasteiger partial charge is 0.275 e. The summed E-state index contributed by atoms with van der Waals surface area (Å²) in [5, 5.41) is 11.6. The van der Waals surface area contributed by atoms with Crippen LogP contribution in [0.2, 0.25) is 0 Å². The number of aromatic nitrogens is 2. The van der Waals surface area contributed by atoms with E-state index in [1.807, 2.05) is 6.07 Å². The Morgan fingerprint density at radius 3 is 2.82 bits per heavy atom. The second-order valence-electron chi connectivity index (χ2n) is 8.73. The fourth-order valence-corrected chi connectivity index (χ4v) is 7.20. The summed E-state index contributed by atoms with van der Waals surface area (Å²) < 4.78 is 32.3. The van der Waals surface area contributed by atoms with E-state index in [0.717, 1.165) is 6.42 Å². The number of halogens is 1. The fraction of sp³-hybridized carbons (Fsp3) is 0.409. The Bertz CT molecular complexity index is 1360. The lowest BCUT2D eigenvalue weighted by Gasteiger charge is -2.43. The third-order valence-electron chi connectivity index (χ3n) is 6.22. The highest BCUT2D eigenvalue weighted by Gasteiger charge is 2.51. The lowest BCUT2D eigenvalue weighted by Crippen LogP contribution is -2.57. The van der Waals surface area contributed by atoms with E-state index in [4.69, 9.17) is 11.0 Å². The Hall–Kier alpha value is -3.39. The molecule has 0 aromatic carbocycles. The van der Waals surface area contributed by atoms with Crippen molar-refractivity contribution >= 4 is 27.3 Å². The van der Waals surface area contributed by atoms with Crippen LogP contribution >= 0.6 is 0 Å². The Morgan fingerprint density at radius 2 is 2.12 bits per heavy atom. The zero-order chi connectivity index (χ0) is 24.0. The van der Waals surface area contributed by atoms with Gasteiger partial charge in [0.15, 0.2) is 0 Å². The molecule has 3 N–H and O–H groups in total. The molecular weight excluding hydrogens is 445 g/mol. The zero-order valence-electron chi connectivity index (χ0n) is 18.6. The molecule has 1 amide bonds. The third-order valence-corrected chi connectivity index (χ3v) is 9.60. The van der Waals surface area contributed by atoms with Gasteiger partial charge in [0.1, 0.15) is 45.2 Å². The van der Waals surface area contributed by atoms with E-state index in [-0.39, 0.29) is 28.8 Å². The summed E-state index contributed by atoms with van der Waals surface area (Å²) in [6.45, 7) is 5.54. The van der Waals surface area contributed by atoms with E-state index < -0.39 is 31.7 Å². The highest BCUT2D eigenvalue weighted by molar-refractivity contribution is 7.95. The number of carbonyl (C=O) groups is 1. The molecular formula is C22H24FN7O2S. The number of fused-ring (bicyclic) bond motifs is 1. The van der Waals surface area contributed by atoms with Crippen molar-refractivity contribution in [2.75, 3.05) is 17.6 Å². The van der Waals surface area contributed by atoms with E-state index in [0.29, 0.717) is 24.1 Å². The van der Waals surface area contributed by atoms with Gasteiger partial charge >= 0.3 is 0 Å². The highest BCUT2D eigenvalue weighted by Crippen LogP contribution is 2.42. The quantitative estimate of drug-likeness (QED) is 0.706. The van der Waals surface area contributed by atoms with Gasteiger partial charge in [0.2, 0.25) is 0 Å². The minimum Gasteiger partial charge on any atom is -0.386 e. The number of hydrogen-bond donors (Lipinski definition) is 2. The van der Waals surface area contributed by atoms with Gasteiger partial charge in [-0.15, -0.1) is 0 Å². The molecule has 4 heterocycles. The van der Waals surface area contributed by atoms with Crippen molar-refractivity contribution in [3.8, 4) is 6.07 Å².